The fourth-order valence-corrected chi connectivity index (χ4v) is 4.31. The van der Waals surface area contributed by atoms with Crippen LogP contribution < -0.4 is 19.7 Å². The van der Waals surface area contributed by atoms with Gasteiger partial charge in [-0.3, -0.25) is 9.59 Å². The van der Waals surface area contributed by atoms with Crippen LogP contribution in [0.2, 0.25) is 5.02 Å². The molecule has 1 N–H and O–H groups in total. The number of ether oxygens (including phenoxy) is 2. The number of rotatable bonds is 9. The highest BCUT2D eigenvalue weighted by molar-refractivity contribution is 6.34. The Labute approximate surface area is 242 Å². The van der Waals surface area contributed by atoms with E-state index in [1.807, 2.05) is 5.32 Å². The maximum Gasteiger partial charge on any atom is 0.435 e. The quantitative estimate of drug-likeness (QED) is 0.239. The Morgan fingerprint density at radius 1 is 0.930 bits per heavy atom. The van der Waals surface area contributed by atoms with E-state index in [1.165, 1.54) is 29.2 Å². The van der Waals surface area contributed by atoms with E-state index < -0.39 is 58.5 Å². The molecule has 0 aromatic heterocycles. The summed E-state index contributed by atoms with van der Waals surface area (Å²) < 4.78 is 130. The van der Waals surface area contributed by atoms with Crippen LogP contribution in [0.25, 0.3) is 0 Å². The Balaban J connectivity index is 2.11. The predicted molar refractivity (Wildman–Crippen MR) is 138 cm³/mol. The van der Waals surface area contributed by atoms with E-state index in [0.717, 1.165) is 13.2 Å². The highest BCUT2D eigenvalue weighted by Crippen LogP contribution is 2.55. The van der Waals surface area contributed by atoms with Crippen LogP contribution in [-0.4, -0.2) is 44.4 Å². The molecule has 0 atom stereocenters. The zero-order valence-electron chi connectivity index (χ0n) is 21.9. The molecule has 0 spiro atoms. The smallest absolute Gasteiger partial charge is 0.435 e. The molecule has 16 heteroatoms. The van der Waals surface area contributed by atoms with E-state index >= 15 is 0 Å². The SMILES string of the molecule is CCN(C(=O)c1ccccc1)c1cccc(C(=O)Nc2c(Cl)cc(C(F)(C(F)(F)F)C(F)(F)F)cc2OC(F)F)c1OC. The summed E-state index contributed by atoms with van der Waals surface area (Å²) in [5, 5.41) is 0.786. The van der Waals surface area contributed by atoms with Crippen LogP contribution in [0.3, 0.4) is 0 Å². The van der Waals surface area contributed by atoms with Crippen LogP contribution in [0.15, 0.2) is 60.7 Å². The van der Waals surface area contributed by atoms with E-state index in [-0.39, 0.29) is 41.2 Å². The monoisotopic (exact) mass is 642 g/mol. The molecule has 232 valence electrons. The highest BCUT2D eigenvalue weighted by atomic mass is 35.5. The molecule has 6 nitrogen and oxygen atoms in total. The second-order valence-electron chi connectivity index (χ2n) is 8.59. The van der Waals surface area contributed by atoms with E-state index in [9.17, 15) is 49.1 Å². The van der Waals surface area contributed by atoms with Crippen LogP contribution in [0.4, 0.5) is 50.9 Å². The van der Waals surface area contributed by atoms with Crippen molar-refractivity contribution in [3.05, 3.63) is 82.4 Å². The first-order valence-corrected chi connectivity index (χ1v) is 12.3. The van der Waals surface area contributed by atoms with Gasteiger partial charge in [0.2, 0.25) is 0 Å². The van der Waals surface area contributed by atoms with Gasteiger partial charge in [0.25, 0.3) is 11.8 Å². The molecule has 2 amide bonds. The summed E-state index contributed by atoms with van der Waals surface area (Å²) in [6.45, 7) is -2.14. The van der Waals surface area contributed by atoms with Crippen molar-refractivity contribution in [3.8, 4) is 11.5 Å². The molecular formula is C27H20ClF9N2O4. The number of amides is 2. The normalized spacial score (nSPS) is 12.2. The number of hydrogen-bond acceptors (Lipinski definition) is 4. The van der Waals surface area contributed by atoms with Crippen LogP contribution in [0.1, 0.15) is 33.2 Å². The zero-order chi connectivity index (χ0) is 32.3. The fourth-order valence-electron chi connectivity index (χ4n) is 4.05. The Morgan fingerprint density at radius 3 is 2.05 bits per heavy atom. The van der Waals surface area contributed by atoms with Crippen molar-refractivity contribution in [3.63, 3.8) is 0 Å². The lowest BCUT2D eigenvalue weighted by Gasteiger charge is -2.31. The van der Waals surface area contributed by atoms with Crippen molar-refractivity contribution in [1.82, 2.24) is 0 Å². The third-order valence-corrected chi connectivity index (χ3v) is 6.30. The molecule has 0 unspecified atom stereocenters. The maximum atomic E-state index is 14.6. The van der Waals surface area contributed by atoms with E-state index in [0.29, 0.717) is 0 Å². The van der Waals surface area contributed by atoms with Gasteiger partial charge in [-0.1, -0.05) is 35.9 Å². The lowest BCUT2D eigenvalue weighted by atomic mass is 9.93. The van der Waals surface area contributed by atoms with Crippen LogP contribution in [0.5, 0.6) is 11.5 Å². The Bertz CT molecular complexity index is 1470. The first-order chi connectivity index (χ1) is 20.0. The second kappa shape index (κ2) is 12.6. The number of nitrogens with one attached hydrogen (secondary N) is 1. The topological polar surface area (TPSA) is 67.9 Å². The number of para-hydroxylation sites is 1. The van der Waals surface area contributed by atoms with Crippen molar-refractivity contribution < 1.29 is 58.6 Å². The Kier molecular flexibility index (Phi) is 9.79. The second-order valence-corrected chi connectivity index (χ2v) is 9.00. The first-order valence-electron chi connectivity index (χ1n) is 11.9. The molecular weight excluding hydrogens is 623 g/mol. The molecule has 3 rings (SSSR count). The minimum Gasteiger partial charge on any atom is -0.494 e. The summed E-state index contributed by atoms with van der Waals surface area (Å²) in [7, 11) is 1.14. The molecule has 0 heterocycles. The summed E-state index contributed by atoms with van der Waals surface area (Å²) in [5.41, 5.74) is -9.24. The van der Waals surface area contributed by atoms with E-state index in [1.54, 1.807) is 25.1 Å². The third kappa shape index (κ3) is 6.60. The number of carbonyl (C=O) groups is 2. The Morgan fingerprint density at radius 2 is 1.53 bits per heavy atom. The van der Waals surface area contributed by atoms with Gasteiger partial charge in [0, 0.05) is 17.7 Å². The fraction of sp³-hybridized carbons (Fsp3) is 0.259. The van der Waals surface area contributed by atoms with Gasteiger partial charge in [-0.05, 0) is 43.3 Å². The third-order valence-electron chi connectivity index (χ3n) is 6.00. The van der Waals surface area contributed by atoms with E-state index in [2.05, 4.69) is 4.74 Å². The lowest BCUT2D eigenvalue weighted by Crippen LogP contribution is -2.50. The average Bonchev–Trinajstić information content (AvgIpc) is 2.93. The summed E-state index contributed by atoms with van der Waals surface area (Å²) in [4.78, 5) is 27.6. The molecule has 0 aliphatic heterocycles. The largest absolute Gasteiger partial charge is 0.494 e. The maximum absolute atomic E-state index is 14.6. The standard InChI is InChI=1S/C27H20ClF9N2O4/c1-3-39(23(41)14-8-5-4-6-9-14)18-11-7-10-16(21(18)42-2)22(40)38-20-17(28)12-15(13-19(20)43-24(29)30)25(31,26(32,33)34)27(35,36)37/h4-13,24H,3H2,1-2H3,(H,38,40). The summed E-state index contributed by atoms with van der Waals surface area (Å²) >= 11 is 5.82. The van der Waals surface area contributed by atoms with E-state index in [4.69, 9.17) is 16.3 Å². The number of methoxy groups -OCH3 is 1. The van der Waals surface area contributed by atoms with Gasteiger partial charge >= 0.3 is 24.6 Å². The van der Waals surface area contributed by atoms with Gasteiger partial charge in [0.1, 0.15) is 5.69 Å². The molecule has 0 saturated heterocycles. The average molecular weight is 643 g/mol. The molecule has 3 aromatic carbocycles. The van der Waals surface area contributed by atoms with Crippen molar-refractivity contribution >= 4 is 34.8 Å². The number of halogens is 10. The van der Waals surface area contributed by atoms with Crippen LogP contribution in [0, 0.1) is 0 Å². The molecule has 0 aliphatic rings. The Hall–Kier alpha value is -4.14. The first kappa shape index (κ1) is 33.4. The summed E-state index contributed by atoms with van der Waals surface area (Å²) in [6, 6.07) is 11.5. The van der Waals surface area contributed by atoms with Gasteiger partial charge in [-0.25, -0.2) is 4.39 Å². The summed E-state index contributed by atoms with van der Waals surface area (Å²) in [6.07, 6.45) is -13.2. The molecule has 0 fully saturated rings. The van der Waals surface area contributed by atoms with Crippen molar-refractivity contribution in [2.24, 2.45) is 0 Å². The number of anilines is 2. The molecule has 0 bridgehead atoms. The number of hydrogen-bond donors (Lipinski definition) is 1. The minimum absolute atomic E-state index is 0.0783. The number of carbonyl (C=O) groups excluding carboxylic acids is 2. The van der Waals surface area contributed by atoms with Gasteiger partial charge in [-0.2, -0.15) is 35.1 Å². The minimum atomic E-state index is -6.59. The highest BCUT2D eigenvalue weighted by Gasteiger charge is 2.73. The van der Waals surface area contributed by atoms with Crippen LogP contribution in [-0.2, 0) is 5.67 Å². The van der Waals surface area contributed by atoms with Crippen molar-refractivity contribution in [1.29, 1.82) is 0 Å². The number of alkyl halides is 9. The molecule has 0 radical (unpaired) electrons. The van der Waals surface area contributed by atoms with Crippen molar-refractivity contribution in [2.75, 3.05) is 23.9 Å². The molecule has 43 heavy (non-hydrogen) atoms. The molecule has 0 aliphatic carbocycles. The van der Waals surface area contributed by atoms with Crippen LogP contribution >= 0.6 is 11.6 Å². The van der Waals surface area contributed by atoms with Gasteiger partial charge in [0.05, 0.1) is 23.4 Å². The van der Waals surface area contributed by atoms with Gasteiger partial charge < -0.3 is 19.7 Å². The van der Waals surface area contributed by atoms with Gasteiger partial charge in [-0.15, -0.1) is 0 Å². The lowest BCUT2D eigenvalue weighted by molar-refractivity contribution is -0.348. The number of benzene rings is 3. The molecule has 0 saturated carbocycles. The van der Waals surface area contributed by atoms with Crippen molar-refractivity contribution in [2.45, 2.75) is 31.6 Å². The van der Waals surface area contributed by atoms with Gasteiger partial charge in [0.15, 0.2) is 11.5 Å². The number of nitrogens with zero attached hydrogens (tertiary/aromatic N) is 1. The predicted octanol–water partition coefficient (Wildman–Crippen LogP) is 8.16. The summed E-state index contributed by atoms with van der Waals surface area (Å²) in [5.74, 6) is -3.42. The zero-order valence-corrected chi connectivity index (χ0v) is 22.7. The molecule has 3 aromatic rings.